The highest BCUT2D eigenvalue weighted by atomic mass is 31.2. The van der Waals surface area contributed by atoms with Crippen molar-refractivity contribution in [2.75, 3.05) is 47.5 Å². The molecule has 0 aromatic rings. The Bertz CT molecular complexity index is 1430. The van der Waals surface area contributed by atoms with Gasteiger partial charge < -0.3 is 27.9 Å². The minimum atomic E-state index is -4.64. The number of hydrogen-bond acceptors (Lipinski definition) is 8. The number of nitrogens with zero attached hydrogens (tertiary/aromatic N) is 1. The average Bonchev–Trinajstić information content (AvgIpc) is 3.36. The molecule has 0 aliphatic heterocycles. The van der Waals surface area contributed by atoms with Crippen molar-refractivity contribution in [2.24, 2.45) is 0 Å². The van der Waals surface area contributed by atoms with Crippen LogP contribution in [0.1, 0.15) is 284 Å². The number of hydrogen-bond donors (Lipinski definition) is 0. The zero-order chi connectivity index (χ0) is 54.2. The summed E-state index contributed by atoms with van der Waals surface area (Å²) in [5.41, 5.74) is 0. The lowest BCUT2D eigenvalue weighted by molar-refractivity contribution is -0.870. The van der Waals surface area contributed by atoms with Crippen molar-refractivity contribution in [1.82, 2.24) is 0 Å². The van der Waals surface area contributed by atoms with Gasteiger partial charge in [-0.1, -0.05) is 248 Å². The van der Waals surface area contributed by atoms with Crippen LogP contribution >= 0.6 is 7.82 Å². The first kappa shape index (κ1) is 71.7. The van der Waals surface area contributed by atoms with E-state index in [4.69, 9.17) is 18.5 Å². The average molecular weight is 1060 g/mol. The molecule has 10 heteroatoms. The highest BCUT2D eigenvalue weighted by Gasteiger charge is 2.22. The normalized spacial score (nSPS) is 13.6. The highest BCUT2D eigenvalue weighted by molar-refractivity contribution is 7.45. The van der Waals surface area contributed by atoms with E-state index >= 15 is 0 Å². The fourth-order valence-corrected chi connectivity index (χ4v) is 9.42. The Morgan fingerprint density at radius 2 is 0.730 bits per heavy atom. The first-order valence-corrected chi connectivity index (χ1v) is 32.5. The summed E-state index contributed by atoms with van der Waals surface area (Å²) in [6, 6.07) is 0. The molecule has 0 spiro atoms. The third kappa shape index (κ3) is 59.0. The van der Waals surface area contributed by atoms with Gasteiger partial charge in [0.25, 0.3) is 7.82 Å². The Morgan fingerprint density at radius 1 is 0.419 bits per heavy atom. The Labute approximate surface area is 457 Å². The van der Waals surface area contributed by atoms with Gasteiger partial charge in [0.05, 0.1) is 27.7 Å². The molecule has 0 aliphatic carbocycles. The standard InChI is InChI=1S/C64H118NO8P/c1-6-8-10-12-14-16-18-20-22-24-25-26-27-28-29-30-31-32-33-34-35-36-37-38-39-41-43-45-47-49-51-53-55-57-64(67)73-62(61-72-74(68,69)71-59-58-65(3,4)5)60-70-63(66)56-54-52-50-48-46-44-42-40-23-21-19-17-15-13-11-9-7-2/h15,17-18,20-21,23-25,27-28,62H,6-14,16,19,22,26,29-61H2,1-5H3/b17-15-,20-18-,23-21-,25-24-,28-27-. The number of likely N-dealkylation sites (N-methyl/N-ethyl adjacent to an activating group) is 1. The van der Waals surface area contributed by atoms with Crippen molar-refractivity contribution in [1.29, 1.82) is 0 Å². The lowest BCUT2D eigenvalue weighted by atomic mass is 10.0. The third-order valence-corrected chi connectivity index (χ3v) is 14.5. The molecule has 0 fully saturated rings. The highest BCUT2D eigenvalue weighted by Crippen LogP contribution is 2.38. The number of phosphoric acid groups is 1. The smallest absolute Gasteiger partial charge is 0.306 e. The second-order valence-corrected chi connectivity index (χ2v) is 23.5. The summed E-state index contributed by atoms with van der Waals surface area (Å²) in [7, 11) is 1.17. The number of esters is 2. The molecule has 0 saturated heterocycles. The molecule has 0 heterocycles. The van der Waals surface area contributed by atoms with Gasteiger partial charge in [-0.2, -0.15) is 0 Å². The van der Waals surface area contributed by atoms with Crippen molar-refractivity contribution in [2.45, 2.75) is 290 Å². The summed E-state index contributed by atoms with van der Waals surface area (Å²) in [6.45, 7) is 4.22. The maximum absolute atomic E-state index is 12.8. The number of carbonyl (C=O) groups excluding carboxylic acids is 2. The van der Waals surface area contributed by atoms with E-state index in [1.165, 1.54) is 180 Å². The first-order valence-electron chi connectivity index (χ1n) is 31.0. The SMILES string of the molecule is CCCCC/C=C\C/C=C\CCCCCCCCCC(=O)OCC(COP(=O)([O-])OCC[N+](C)(C)C)OC(=O)CCCCCCCCCCCCCCCCCCCC/C=C\C/C=C\C/C=C\CCCCCCC. The van der Waals surface area contributed by atoms with Crippen LogP contribution < -0.4 is 4.89 Å². The summed E-state index contributed by atoms with van der Waals surface area (Å²) < 4.78 is 34.2. The van der Waals surface area contributed by atoms with E-state index in [1.807, 2.05) is 21.1 Å². The van der Waals surface area contributed by atoms with Crippen LogP contribution in [0.4, 0.5) is 0 Å². The molecule has 0 amide bonds. The minimum absolute atomic E-state index is 0.0325. The van der Waals surface area contributed by atoms with E-state index in [2.05, 4.69) is 74.6 Å². The van der Waals surface area contributed by atoms with Crippen molar-refractivity contribution in [3.05, 3.63) is 60.8 Å². The zero-order valence-corrected chi connectivity index (χ0v) is 49.9. The van der Waals surface area contributed by atoms with Crippen molar-refractivity contribution in [3.8, 4) is 0 Å². The Kier molecular flexibility index (Phi) is 53.7. The Hall–Kier alpha value is -2.29. The fraction of sp³-hybridized carbons (Fsp3) is 0.812. The zero-order valence-electron chi connectivity index (χ0n) is 49.0. The topological polar surface area (TPSA) is 111 Å². The molecule has 0 rings (SSSR count). The van der Waals surface area contributed by atoms with Crippen LogP contribution in [0, 0.1) is 0 Å². The first-order chi connectivity index (χ1) is 36.0. The molecule has 0 N–H and O–H groups in total. The number of ether oxygens (including phenoxy) is 2. The van der Waals surface area contributed by atoms with Crippen molar-refractivity contribution >= 4 is 19.8 Å². The van der Waals surface area contributed by atoms with Gasteiger partial charge in [-0.15, -0.1) is 0 Å². The van der Waals surface area contributed by atoms with Crippen LogP contribution in [0.5, 0.6) is 0 Å². The monoisotopic (exact) mass is 1060 g/mol. The van der Waals surface area contributed by atoms with Crippen LogP contribution in [0.3, 0.4) is 0 Å². The van der Waals surface area contributed by atoms with Gasteiger partial charge >= 0.3 is 11.9 Å². The minimum Gasteiger partial charge on any atom is -0.756 e. The van der Waals surface area contributed by atoms with Gasteiger partial charge in [0.2, 0.25) is 0 Å². The molecule has 2 unspecified atom stereocenters. The number of unbranched alkanes of at least 4 members (excludes halogenated alkanes) is 33. The van der Waals surface area contributed by atoms with Gasteiger partial charge in [-0.25, -0.2) is 0 Å². The molecular formula is C64H118NO8P. The summed E-state index contributed by atoms with van der Waals surface area (Å²) >= 11 is 0. The van der Waals surface area contributed by atoms with Crippen LogP contribution in [0.25, 0.3) is 0 Å². The van der Waals surface area contributed by atoms with Crippen LogP contribution in [0.2, 0.25) is 0 Å². The molecule has 74 heavy (non-hydrogen) atoms. The summed E-state index contributed by atoms with van der Waals surface area (Å²) in [5, 5.41) is 0. The van der Waals surface area contributed by atoms with Gasteiger partial charge in [0, 0.05) is 12.8 Å². The molecule has 9 nitrogen and oxygen atoms in total. The van der Waals surface area contributed by atoms with E-state index < -0.39 is 26.5 Å². The summed E-state index contributed by atoms with van der Waals surface area (Å²) in [6.07, 6.45) is 71.4. The van der Waals surface area contributed by atoms with E-state index in [-0.39, 0.29) is 32.0 Å². The maximum Gasteiger partial charge on any atom is 0.306 e. The van der Waals surface area contributed by atoms with Crippen molar-refractivity contribution < 1.29 is 42.1 Å². The maximum atomic E-state index is 12.8. The Balaban J connectivity index is 4.04. The van der Waals surface area contributed by atoms with E-state index in [0.717, 1.165) is 70.6 Å². The molecule has 2 atom stereocenters. The van der Waals surface area contributed by atoms with Crippen LogP contribution in [-0.2, 0) is 32.7 Å². The molecule has 0 radical (unpaired) electrons. The van der Waals surface area contributed by atoms with Crippen molar-refractivity contribution in [3.63, 3.8) is 0 Å². The van der Waals surface area contributed by atoms with Gasteiger partial charge in [-0.3, -0.25) is 14.2 Å². The molecule has 0 saturated carbocycles. The third-order valence-electron chi connectivity index (χ3n) is 13.5. The number of carbonyl (C=O) groups is 2. The summed E-state index contributed by atoms with van der Waals surface area (Å²) in [5.74, 6) is -0.834. The van der Waals surface area contributed by atoms with Gasteiger partial charge in [-0.05, 0) is 83.5 Å². The van der Waals surface area contributed by atoms with Gasteiger partial charge in [0.1, 0.15) is 19.8 Å². The quantitative estimate of drug-likeness (QED) is 0.0195. The largest absolute Gasteiger partial charge is 0.756 e. The molecule has 0 bridgehead atoms. The Morgan fingerprint density at radius 3 is 1.11 bits per heavy atom. The molecule has 0 aromatic heterocycles. The molecule has 0 aliphatic rings. The molecular weight excluding hydrogens is 942 g/mol. The van der Waals surface area contributed by atoms with E-state index in [1.54, 1.807) is 0 Å². The van der Waals surface area contributed by atoms with Crippen LogP contribution in [0.15, 0.2) is 60.8 Å². The molecule has 0 aromatic carbocycles. The lowest BCUT2D eigenvalue weighted by Crippen LogP contribution is -2.37. The number of rotatable bonds is 57. The number of phosphoric ester groups is 1. The van der Waals surface area contributed by atoms with E-state index in [9.17, 15) is 19.0 Å². The predicted octanol–water partition coefficient (Wildman–Crippen LogP) is 18.9. The number of quaternary nitrogens is 1. The fourth-order valence-electron chi connectivity index (χ4n) is 8.69. The second kappa shape index (κ2) is 55.5. The predicted molar refractivity (Wildman–Crippen MR) is 314 cm³/mol. The second-order valence-electron chi connectivity index (χ2n) is 22.1. The van der Waals surface area contributed by atoms with E-state index in [0.29, 0.717) is 17.4 Å². The molecule has 432 valence electrons. The van der Waals surface area contributed by atoms with Gasteiger partial charge in [0.15, 0.2) is 6.10 Å². The van der Waals surface area contributed by atoms with Crippen LogP contribution in [-0.4, -0.2) is 70.0 Å². The number of allylic oxidation sites excluding steroid dienone is 10. The lowest BCUT2D eigenvalue weighted by Gasteiger charge is -2.28. The summed E-state index contributed by atoms with van der Waals surface area (Å²) in [4.78, 5) is 37.9.